The van der Waals surface area contributed by atoms with Crippen molar-refractivity contribution in [2.24, 2.45) is 0 Å². The fourth-order valence-electron chi connectivity index (χ4n) is 1.52. The fraction of sp³-hybridized carbons (Fsp3) is 0.250. The van der Waals surface area contributed by atoms with Crippen molar-refractivity contribution in [3.8, 4) is 6.07 Å². The molecule has 2 aromatic rings. The maximum absolute atomic E-state index is 13.1. The third-order valence-corrected chi connectivity index (χ3v) is 2.27. The summed E-state index contributed by atoms with van der Waals surface area (Å²) in [6.07, 6.45) is 0.565. The molecular formula is C12H11FN4O. The maximum Gasteiger partial charge on any atom is 0.223 e. The number of nitriles is 1. The second-order valence-corrected chi connectivity index (χ2v) is 3.75. The van der Waals surface area contributed by atoms with Crippen molar-refractivity contribution in [3.05, 3.63) is 41.3 Å². The molecule has 0 saturated heterocycles. The van der Waals surface area contributed by atoms with Crippen molar-refractivity contribution < 1.29 is 8.91 Å². The van der Waals surface area contributed by atoms with Crippen LogP contribution in [0.3, 0.4) is 0 Å². The first-order valence-electron chi connectivity index (χ1n) is 5.41. The Morgan fingerprint density at radius 1 is 1.44 bits per heavy atom. The Bertz CT molecular complexity index is 588. The van der Waals surface area contributed by atoms with Gasteiger partial charge in [0.05, 0.1) is 11.6 Å². The quantitative estimate of drug-likeness (QED) is 0.893. The SMILES string of the molecule is Cc1nc(CCNc2cc(F)cc(C#N)c2)no1. The third-order valence-electron chi connectivity index (χ3n) is 2.27. The molecule has 0 amide bonds. The van der Waals surface area contributed by atoms with Crippen LogP contribution in [-0.2, 0) is 6.42 Å². The van der Waals surface area contributed by atoms with Gasteiger partial charge in [0.2, 0.25) is 5.89 Å². The smallest absolute Gasteiger partial charge is 0.223 e. The molecule has 0 spiro atoms. The number of nitrogens with one attached hydrogen (secondary N) is 1. The molecule has 0 aliphatic rings. The normalized spacial score (nSPS) is 10.1. The molecule has 0 aliphatic carbocycles. The molecule has 0 aliphatic heterocycles. The Balaban J connectivity index is 1.94. The Kier molecular flexibility index (Phi) is 3.53. The van der Waals surface area contributed by atoms with Gasteiger partial charge in [-0.25, -0.2) is 4.39 Å². The molecule has 1 heterocycles. The lowest BCUT2D eigenvalue weighted by Crippen LogP contribution is -2.06. The zero-order valence-electron chi connectivity index (χ0n) is 9.77. The Morgan fingerprint density at radius 3 is 2.94 bits per heavy atom. The summed E-state index contributed by atoms with van der Waals surface area (Å²) in [5, 5.41) is 15.5. The van der Waals surface area contributed by atoms with Crippen molar-refractivity contribution in [1.29, 1.82) is 5.26 Å². The molecule has 92 valence electrons. The van der Waals surface area contributed by atoms with Gasteiger partial charge in [-0.05, 0) is 18.2 Å². The van der Waals surface area contributed by atoms with Gasteiger partial charge >= 0.3 is 0 Å². The van der Waals surface area contributed by atoms with Crippen LogP contribution >= 0.6 is 0 Å². The first-order valence-corrected chi connectivity index (χ1v) is 5.41. The van der Waals surface area contributed by atoms with E-state index in [0.717, 1.165) is 0 Å². The van der Waals surface area contributed by atoms with Crippen molar-refractivity contribution in [3.63, 3.8) is 0 Å². The van der Waals surface area contributed by atoms with Crippen molar-refractivity contribution in [2.45, 2.75) is 13.3 Å². The summed E-state index contributed by atoms with van der Waals surface area (Å²) in [5.74, 6) is 0.673. The highest BCUT2D eigenvalue weighted by molar-refractivity contribution is 5.49. The summed E-state index contributed by atoms with van der Waals surface area (Å²) in [7, 11) is 0. The van der Waals surface area contributed by atoms with Gasteiger partial charge in [0.1, 0.15) is 5.82 Å². The van der Waals surface area contributed by atoms with Crippen LogP contribution in [0.25, 0.3) is 0 Å². The van der Waals surface area contributed by atoms with Crippen LogP contribution in [0.15, 0.2) is 22.7 Å². The molecule has 5 nitrogen and oxygen atoms in total. The monoisotopic (exact) mass is 246 g/mol. The van der Waals surface area contributed by atoms with E-state index in [1.165, 1.54) is 12.1 Å². The summed E-state index contributed by atoms with van der Waals surface area (Å²) in [6, 6.07) is 6.01. The number of benzene rings is 1. The zero-order valence-corrected chi connectivity index (χ0v) is 9.77. The summed E-state index contributed by atoms with van der Waals surface area (Å²) < 4.78 is 18.0. The highest BCUT2D eigenvalue weighted by Crippen LogP contribution is 2.13. The van der Waals surface area contributed by atoms with Crippen molar-refractivity contribution >= 4 is 5.69 Å². The molecule has 2 rings (SSSR count). The average molecular weight is 246 g/mol. The van der Waals surface area contributed by atoms with E-state index in [2.05, 4.69) is 15.5 Å². The summed E-state index contributed by atoms with van der Waals surface area (Å²) in [4.78, 5) is 4.05. The first kappa shape index (κ1) is 12.0. The van der Waals surface area contributed by atoms with E-state index >= 15 is 0 Å². The number of anilines is 1. The van der Waals surface area contributed by atoms with E-state index in [-0.39, 0.29) is 5.56 Å². The molecule has 6 heteroatoms. The lowest BCUT2D eigenvalue weighted by molar-refractivity contribution is 0.387. The highest BCUT2D eigenvalue weighted by Gasteiger charge is 2.03. The molecule has 0 unspecified atom stereocenters. The second-order valence-electron chi connectivity index (χ2n) is 3.75. The Morgan fingerprint density at radius 2 is 2.28 bits per heavy atom. The molecule has 1 N–H and O–H groups in total. The molecule has 0 saturated carbocycles. The van der Waals surface area contributed by atoms with Gasteiger partial charge in [-0.15, -0.1) is 0 Å². The predicted molar refractivity (Wildman–Crippen MR) is 62.3 cm³/mol. The lowest BCUT2D eigenvalue weighted by atomic mass is 10.2. The van der Waals surface area contributed by atoms with Crippen LogP contribution in [0, 0.1) is 24.1 Å². The maximum atomic E-state index is 13.1. The van der Waals surface area contributed by atoms with Crippen LogP contribution in [0.4, 0.5) is 10.1 Å². The number of hydrogen-bond acceptors (Lipinski definition) is 5. The summed E-state index contributed by atoms with van der Waals surface area (Å²) >= 11 is 0. The van der Waals surface area contributed by atoms with Gasteiger partial charge in [0.15, 0.2) is 5.82 Å². The fourth-order valence-corrected chi connectivity index (χ4v) is 1.52. The Hall–Kier alpha value is -2.42. The number of aromatic nitrogens is 2. The molecule has 0 radical (unpaired) electrons. The lowest BCUT2D eigenvalue weighted by Gasteiger charge is -2.05. The number of nitrogens with zero attached hydrogens (tertiary/aromatic N) is 3. The van der Waals surface area contributed by atoms with Gasteiger partial charge in [-0.2, -0.15) is 10.2 Å². The minimum Gasteiger partial charge on any atom is -0.384 e. The van der Waals surface area contributed by atoms with E-state index < -0.39 is 5.82 Å². The van der Waals surface area contributed by atoms with Gasteiger partial charge < -0.3 is 9.84 Å². The van der Waals surface area contributed by atoms with Crippen LogP contribution in [0.1, 0.15) is 17.3 Å². The number of hydrogen-bond donors (Lipinski definition) is 1. The van der Waals surface area contributed by atoms with Crippen molar-refractivity contribution in [2.75, 3.05) is 11.9 Å². The molecular weight excluding hydrogens is 235 g/mol. The minimum absolute atomic E-state index is 0.285. The standard InChI is InChI=1S/C12H11FN4O/c1-8-16-12(17-18-8)2-3-15-11-5-9(7-14)4-10(13)6-11/h4-6,15H,2-3H2,1H3. The van der Waals surface area contributed by atoms with Gasteiger partial charge in [0.25, 0.3) is 0 Å². The molecule has 1 aromatic heterocycles. The van der Waals surface area contributed by atoms with E-state index in [1.807, 2.05) is 6.07 Å². The minimum atomic E-state index is -0.438. The van der Waals surface area contributed by atoms with Crippen LogP contribution in [0.5, 0.6) is 0 Å². The van der Waals surface area contributed by atoms with Gasteiger partial charge in [-0.1, -0.05) is 5.16 Å². The van der Waals surface area contributed by atoms with Crippen LogP contribution in [-0.4, -0.2) is 16.7 Å². The summed E-state index contributed by atoms with van der Waals surface area (Å²) in [6.45, 7) is 2.25. The number of aryl methyl sites for hydroxylation is 1. The number of halogens is 1. The predicted octanol–water partition coefficient (Wildman–Crippen LogP) is 2.04. The van der Waals surface area contributed by atoms with Gasteiger partial charge in [0, 0.05) is 25.6 Å². The highest BCUT2D eigenvalue weighted by atomic mass is 19.1. The molecule has 0 bridgehead atoms. The molecule has 0 atom stereocenters. The zero-order chi connectivity index (χ0) is 13.0. The van der Waals surface area contributed by atoms with E-state index in [1.54, 1.807) is 13.0 Å². The van der Waals surface area contributed by atoms with Gasteiger partial charge in [-0.3, -0.25) is 0 Å². The number of rotatable bonds is 4. The van der Waals surface area contributed by atoms with E-state index in [0.29, 0.717) is 30.4 Å². The molecule has 0 fully saturated rings. The Labute approximate surface area is 103 Å². The topological polar surface area (TPSA) is 74.7 Å². The van der Waals surface area contributed by atoms with Crippen LogP contribution in [0.2, 0.25) is 0 Å². The molecule has 18 heavy (non-hydrogen) atoms. The van der Waals surface area contributed by atoms with E-state index in [9.17, 15) is 4.39 Å². The first-order chi connectivity index (χ1) is 8.67. The van der Waals surface area contributed by atoms with Crippen molar-refractivity contribution in [1.82, 2.24) is 10.1 Å². The summed E-state index contributed by atoms with van der Waals surface area (Å²) in [5.41, 5.74) is 0.847. The second kappa shape index (κ2) is 5.27. The third kappa shape index (κ3) is 3.04. The van der Waals surface area contributed by atoms with Crippen LogP contribution < -0.4 is 5.32 Å². The average Bonchev–Trinajstić information content (AvgIpc) is 2.74. The molecule has 1 aromatic carbocycles. The largest absolute Gasteiger partial charge is 0.384 e. The van der Waals surface area contributed by atoms with E-state index in [4.69, 9.17) is 9.78 Å².